The SMILES string of the molecule is CC(=O)NC[C@@H]1CC[C@H](CC(=O)N2CCNC(=O)C2)N1S(C)(=O)=O. The lowest BCUT2D eigenvalue weighted by Crippen LogP contribution is -2.52. The molecule has 136 valence electrons. The van der Waals surface area contributed by atoms with Crippen LogP contribution in [0.15, 0.2) is 0 Å². The van der Waals surface area contributed by atoms with E-state index in [0.29, 0.717) is 25.9 Å². The molecule has 2 saturated heterocycles. The molecule has 2 fully saturated rings. The molecule has 0 spiro atoms. The normalized spacial score (nSPS) is 25.4. The second-order valence-corrected chi connectivity index (χ2v) is 8.17. The molecule has 0 unspecified atom stereocenters. The van der Waals surface area contributed by atoms with Crippen molar-refractivity contribution < 1.29 is 22.8 Å². The number of sulfonamides is 1. The van der Waals surface area contributed by atoms with Gasteiger partial charge in [0, 0.05) is 45.1 Å². The highest BCUT2D eigenvalue weighted by Gasteiger charge is 2.41. The van der Waals surface area contributed by atoms with Gasteiger partial charge in [0.25, 0.3) is 0 Å². The number of hydrogen-bond acceptors (Lipinski definition) is 5. The Hall–Kier alpha value is -1.68. The maximum atomic E-state index is 12.4. The second-order valence-electron chi connectivity index (χ2n) is 6.28. The Bertz CT molecular complexity index is 621. The lowest BCUT2D eigenvalue weighted by Gasteiger charge is -2.31. The molecule has 0 aromatic heterocycles. The molecule has 0 aliphatic carbocycles. The van der Waals surface area contributed by atoms with Crippen LogP contribution >= 0.6 is 0 Å². The summed E-state index contributed by atoms with van der Waals surface area (Å²) in [5.41, 5.74) is 0. The first-order valence-electron chi connectivity index (χ1n) is 7.96. The van der Waals surface area contributed by atoms with Crippen LogP contribution in [0.2, 0.25) is 0 Å². The number of carbonyl (C=O) groups excluding carboxylic acids is 3. The van der Waals surface area contributed by atoms with Gasteiger partial charge in [0.05, 0.1) is 12.8 Å². The van der Waals surface area contributed by atoms with Crippen LogP contribution in [-0.4, -0.2) is 79.9 Å². The molecule has 0 radical (unpaired) electrons. The van der Waals surface area contributed by atoms with Gasteiger partial charge in [-0.1, -0.05) is 0 Å². The molecule has 9 nitrogen and oxygen atoms in total. The van der Waals surface area contributed by atoms with Gasteiger partial charge < -0.3 is 15.5 Å². The Morgan fingerprint density at radius 3 is 2.54 bits per heavy atom. The predicted octanol–water partition coefficient (Wildman–Crippen LogP) is -1.74. The smallest absolute Gasteiger partial charge is 0.239 e. The van der Waals surface area contributed by atoms with Crippen LogP contribution in [0.4, 0.5) is 0 Å². The van der Waals surface area contributed by atoms with E-state index in [4.69, 9.17) is 0 Å². The van der Waals surface area contributed by atoms with E-state index in [9.17, 15) is 22.8 Å². The van der Waals surface area contributed by atoms with Crippen molar-refractivity contribution >= 4 is 27.7 Å². The first-order valence-corrected chi connectivity index (χ1v) is 9.80. The Labute approximate surface area is 141 Å². The van der Waals surface area contributed by atoms with E-state index < -0.39 is 16.1 Å². The van der Waals surface area contributed by atoms with Crippen molar-refractivity contribution in [3.8, 4) is 0 Å². The minimum Gasteiger partial charge on any atom is -0.355 e. The quantitative estimate of drug-likeness (QED) is 0.604. The van der Waals surface area contributed by atoms with Gasteiger partial charge >= 0.3 is 0 Å². The van der Waals surface area contributed by atoms with Gasteiger partial charge in [-0.15, -0.1) is 0 Å². The Kier molecular flexibility index (Phi) is 5.81. The van der Waals surface area contributed by atoms with Gasteiger partial charge in [-0.25, -0.2) is 8.42 Å². The van der Waals surface area contributed by atoms with Crippen molar-refractivity contribution in [3.05, 3.63) is 0 Å². The van der Waals surface area contributed by atoms with E-state index in [1.54, 1.807) is 0 Å². The monoisotopic (exact) mass is 360 g/mol. The number of nitrogens with one attached hydrogen (secondary N) is 2. The molecular formula is C14H24N4O5S. The van der Waals surface area contributed by atoms with Crippen LogP contribution in [0.3, 0.4) is 0 Å². The molecule has 0 saturated carbocycles. The van der Waals surface area contributed by atoms with E-state index in [-0.39, 0.29) is 43.3 Å². The fourth-order valence-electron chi connectivity index (χ4n) is 3.31. The molecule has 2 N–H and O–H groups in total. The number of piperazine rings is 1. The number of nitrogens with zero attached hydrogens (tertiary/aromatic N) is 2. The van der Waals surface area contributed by atoms with Crippen molar-refractivity contribution in [2.24, 2.45) is 0 Å². The zero-order valence-electron chi connectivity index (χ0n) is 13.9. The molecule has 3 amide bonds. The van der Waals surface area contributed by atoms with Gasteiger partial charge in [0.2, 0.25) is 27.7 Å². The summed E-state index contributed by atoms with van der Waals surface area (Å²) in [7, 11) is -3.50. The highest BCUT2D eigenvalue weighted by molar-refractivity contribution is 7.88. The Balaban J connectivity index is 2.04. The maximum absolute atomic E-state index is 12.4. The summed E-state index contributed by atoms with van der Waals surface area (Å²) in [6.45, 7) is 2.47. The van der Waals surface area contributed by atoms with Gasteiger partial charge in [0.1, 0.15) is 0 Å². The van der Waals surface area contributed by atoms with Crippen LogP contribution in [0, 0.1) is 0 Å². The predicted molar refractivity (Wildman–Crippen MR) is 86.4 cm³/mol. The minimum atomic E-state index is -3.50. The third-order valence-electron chi connectivity index (χ3n) is 4.32. The fraction of sp³-hybridized carbons (Fsp3) is 0.786. The summed E-state index contributed by atoms with van der Waals surface area (Å²) in [5.74, 6) is -0.643. The van der Waals surface area contributed by atoms with E-state index in [2.05, 4.69) is 10.6 Å². The molecule has 0 aromatic carbocycles. The standard InChI is InChI=1S/C14H24N4O5S/c1-10(19)16-8-12-4-3-11(18(12)24(2,22)23)7-14(21)17-6-5-15-13(20)9-17/h11-12H,3-9H2,1-2H3,(H,15,20)(H,16,19)/t11-,12+/m1/s1. The first-order chi connectivity index (χ1) is 11.2. The molecule has 2 aliphatic heterocycles. The van der Waals surface area contributed by atoms with E-state index in [1.165, 1.54) is 16.1 Å². The van der Waals surface area contributed by atoms with Crippen LogP contribution in [0.25, 0.3) is 0 Å². The number of hydrogen-bond donors (Lipinski definition) is 2. The molecule has 2 heterocycles. The summed E-state index contributed by atoms with van der Waals surface area (Å²) in [5, 5.41) is 5.29. The van der Waals surface area contributed by atoms with E-state index in [1.807, 2.05) is 0 Å². The number of amides is 3. The fourth-order valence-corrected chi connectivity index (χ4v) is 4.75. The lowest BCUT2D eigenvalue weighted by molar-refractivity contribution is -0.138. The summed E-state index contributed by atoms with van der Waals surface area (Å²) < 4.78 is 25.6. The van der Waals surface area contributed by atoms with E-state index >= 15 is 0 Å². The topological polar surface area (TPSA) is 116 Å². The zero-order valence-corrected chi connectivity index (χ0v) is 14.8. The summed E-state index contributed by atoms with van der Waals surface area (Å²) in [4.78, 5) is 36.3. The van der Waals surface area contributed by atoms with E-state index in [0.717, 1.165) is 6.26 Å². The second kappa shape index (κ2) is 7.47. The number of rotatable bonds is 5. The number of carbonyl (C=O) groups is 3. The zero-order chi connectivity index (χ0) is 17.9. The molecule has 24 heavy (non-hydrogen) atoms. The van der Waals surface area contributed by atoms with Crippen LogP contribution in [-0.2, 0) is 24.4 Å². The highest BCUT2D eigenvalue weighted by Crippen LogP contribution is 2.29. The molecule has 10 heteroatoms. The van der Waals surface area contributed by atoms with Crippen molar-refractivity contribution in [3.63, 3.8) is 0 Å². The van der Waals surface area contributed by atoms with Crippen molar-refractivity contribution in [1.29, 1.82) is 0 Å². The molecule has 0 bridgehead atoms. The average Bonchev–Trinajstić information content (AvgIpc) is 2.88. The largest absolute Gasteiger partial charge is 0.355 e. The van der Waals surface area contributed by atoms with Gasteiger partial charge in [0.15, 0.2) is 0 Å². The Morgan fingerprint density at radius 1 is 1.29 bits per heavy atom. The van der Waals surface area contributed by atoms with Crippen molar-refractivity contribution in [2.75, 3.05) is 32.4 Å². The molecule has 2 aliphatic rings. The summed E-state index contributed by atoms with van der Waals surface area (Å²) >= 11 is 0. The Morgan fingerprint density at radius 2 is 1.96 bits per heavy atom. The maximum Gasteiger partial charge on any atom is 0.239 e. The van der Waals surface area contributed by atoms with Crippen LogP contribution in [0.1, 0.15) is 26.2 Å². The highest BCUT2D eigenvalue weighted by atomic mass is 32.2. The van der Waals surface area contributed by atoms with Gasteiger partial charge in [-0.3, -0.25) is 14.4 Å². The van der Waals surface area contributed by atoms with Crippen molar-refractivity contribution in [2.45, 2.75) is 38.3 Å². The van der Waals surface area contributed by atoms with Crippen molar-refractivity contribution in [1.82, 2.24) is 19.8 Å². The minimum absolute atomic E-state index is 0.0136. The summed E-state index contributed by atoms with van der Waals surface area (Å²) in [6.07, 6.45) is 2.32. The van der Waals surface area contributed by atoms with Gasteiger partial charge in [-0.2, -0.15) is 4.31 Å². The molecular weight excluding hydrogens is 336 g/mol. The lowest BCUT2D eigenvalue weighted by atomic mass is 10.1. The third kappa shape index (κ3) is 4.67. The molecule has 2 rings (SSSR count). The van der Waals surface area contributed by atoms with Gasteiger partial charge in [-0.05, 0) is 12.8 Å². The first kappa shape index (κ1) is 18.7. The molecule has 2 atom stereocenters. The third-order valence-corrected chi connectivity index (χ3v) is 5.69. The van der Waals surface area contributed by atoms with Crippen LogP contribution in [0.5, 0.6) is 0 Å². The molecule has 0 aromatic rings. The average molecular weight is 360 g/mol. The summed E-state index contributed by atoms with van der Waals surface area (Å²) in [6, 6.07) is -0.775. The van der Waals surface area contributed by atoms with Crippen LogP contribution < -0.4 is 10.6 Å².